The van der Waals surface area contributed by atoms with Crippen molar-refractivity contribution in [2.75, 3.05) is 33.9 Å². The molecule has 0 bridgehead atoms. The molecule has 2 atom stereocenters. The second-order valence-corrected chi connectivity index (χ2v) is 3.92. The molecule has 2 N–H and O–H groups in total. The van der Waals surface area contributed by atoms with E-state index in [4.69, 9.17) is 9.47 Å². The molecule has 0 radical (unpaired) electrons. The summed E-state index contributed by atoms with van der Waals surface area (Å²) in [5.41, 5.74) is -0.330. The summed E-state index contributed by atoms with van der Waals surface area (Å²) in [5, 5.41) is 5.75. The van der Waals surface area contributed by atoms with Gasteiger partial charge in [-0.2, -0.15) is 0 Å². The van der Waals surface area contributed by atoms with Crippen LogP contribution in [0.1, 0.15) is 13.3 Å². The zero-order valence-corrected chi connectivity index (χ0v) is 9.63. The Kier molecular flexibility index (Phi) is 4.50. The van der Waals surface area contributed by atoms with Gasteiger partial charge < -0.3 is 20.1 Å². The lowest BCUT2D eigenvalue weighted by molar-refractivity contribution is -0.124. The van der Waals surface area contributed by atoms with E-state index in [0.29, 0.717) is 19.8 Å². The molecule has 1 saturated heterocycles. The molecular weight excluding hydrogens is 196 g/mol. The molecule has 0 aromatic rings. The molecule has 1 aliphatic heterocycles. The second kappa shape index (κ2) is 5.44. The van der Waals surface area contributed by atoms with E-state index in [2.05, 4.69) is 10.6 Å². The van der Waals surface area contributed by atoms with Crippen molar-refractivity contribution in [2.24, 2.45) is 0 Å². The molecule has 1 aliphatic rings. The topological polar surface area (TPSA) is 59.6 Å². The van der Waals surface area contributed by atoms with Gasteiger partial charge in [0.25, 0.3) is 0 Å². The highest BCUT2D eigenvalue weighted by molar-refractivity contribution is 5.81. The molecule has 15 heavy (non-hydrogen) atoms. The summed E-state index contributed by atoms with van der Waals surface area (Å²) in [6.45, 7) is 3.58. The first-order valence-electron chi connectivity index (χ1n) is 5.21. The number of hydrogen-bond acceptors (Lipinski definition) is 4. The number of likely N-dealkylation sites (N-methyl/N-ethyl adjacent to an activating group) is 1. The third kappa shape index (κ3) is 3.15. The van der Waals surface area contributed by atoms with Crippen LogP contribution in [-0.2, 0) is 14.3 Å². The summed E-state index contributed by atoms with van der Waals surface area (Å²) in [7, 11) is 3.41. The van der Waals surface area contributed by atoms with E-state index in [1.165, 1.54) is 0 Å². The average molecular weight is 216 g/mol. The zero-order chi connectivity index (χ0) is 11.3. The molecule has 0 aromatic carbocycles. The fourth-order valence-corrected chi connectivity index (χ4v) is 1.49. The van der Waals surface area contributed by atoms with Gasteiger partial charge in [0.1, 0.15) is 5.60 Å². The van der Waals surface area contributed by atoms with Gasteiger partial charge in [0.15, 0.2) is 0 Å². The maximum atomic E-state index is 11.5. The van der Waals surface area contributed by atoms with Crippen LogP contribution < -0.4 is 10.6 Å². The quantitative estimate of drug-likeness (QED) is 0.651. The smallest absolute Gasteiger partial charge is 0.236 e. The van der Waals surface area contributed by atoms with Crippen LogP contribution in [-0.4, -0.2) is 51.5 Å². The predicted octanol–water partition coefficient (Wildman–Crippen LogP) is -0.484. The minimum absolute atomic E-state index is 0.0131. The Bertz CT molecular complexity index is 215. The van der Waals surface area contributed by atoms with Crippen LogP contribution in [0.25, 0.3) is 0 Å². The van der Waals surface area contributed by atoms with Crippen molar-refractivity contribution >= 4 is 5.91 Å². The van der Waals surface area contributed by atoms with Crippen molar-refractivity contribution in [1.82, 2.24) is 10.6 Å². The number of methoxy groups -OCH3 is 1. The standard InChI is InChI=1S/C10H20N2O3/c1-8(11-2)9(13)12-6-10(14-3)4-5-15-7-10/h8,11H,4-7H2,1-3H3,(H,12,13). The molecule has 0 spiro atoms. The first-order valence-corrected chi connectivity index (χ1v) is 5.21. The first kappa shape index (κ1) is 12.4. The number of amides is 1. The molecule has 0 aliphatic carbocycles. The summed E-state index contributed by atoms with van der Waals surface area (Å²) < 4.78 is 10.7. The summed E-state index contributed by atoms with van der Waals surface area (Å²) in [6, 6.07) is -0.179. The molecule has 5 nitrogen and oxygen atoms in total. The largest absolute Gasteiger partial charge is 0.378 e. The lowest BCUT2D eigenvalue weighted by Crippen LogP contribution is -2.49. The summed E-state index contributed by atoms with van der Waals surface area (Å²) >= 11 is 0. The van der Waals surface area contributed by atoms with E-state index >= 15 is 0 Å². The van der Waals surface area contributed by atoms with Gasteiger partial charge >= 0.3 is 0 Å². The van der Waals surface area contributed by atoms with Gasteiger partial charge in [-0.25, -0.2) is 0 Å². The van der Waals surface area contributed by atoms with E-state index in [1.54, 1.807) is 14.2 Å². The van der Waals surface area contributed by atoms with Crippen molar-refractivity contribution < 1.29 is 14.3 Å². The molecule has 5 heteroatoms. The van der Waals surface area contributed by atoms with E-state index in [0.717, 1.165) is 6.42 Å². The lowest BCUT2D eigenvalue weighted by Gasteiger charge is -2.26. The minimum Gasteiger partial charge on any atom is -0.378 e. The Hall–Kier alpha value is -0.650. The number of nitrogens with one attached hydrogen (secondary N) is 2. The lowest BCUT2D eigenvalue weighted by atomic mass is 10.0. The minimum atomic E-state index is -0.330. The number of hydrogen-bond donors (Lipinski definition) is 2. The fourth-order valence-electron chi connectivity index (χ4n) is 1.49. The summed E-state index contributed by atoms with van der Waals surface area (Å²) in [5.74, 6) is -0.0131. The van der Waals surface area contributed by atoms with Gasteiger partial charge in [-0.15, -0.1) is 0 Å². The highest BCUT2D eigenvalue weighted by Crippen LogP contribution is 2.21. The van der Waals surface area contributed by atoms with Crippen molar-refractivity contribution in [2.45, 2.75) is 25.0 Å². The van der Waals surface area contributed by atoms with E-state index in [-0.39, 0.29) is 17.6 Å². The monoisotopic (exact) mass is 216 g/mol. The third-order valence-corrected chi connectivity index (χ3v) is 2.91. The van der Waals surface area contributed by atoms with Crippen LogP contribution in [0.3, 0.4) is 0 Å². The van der Waals surface area contributed by atoms with E-state index < -0.39 is 0 Å². The maximum Gasteiger partial charge on any atom is 0.236 e. The van der Waals surface area contributed by atoms with Gasteiger partial charge in [-0.05, 0) is 14.0 Å². The van der Waals surface area contributed by atoms with Gasteiger partial charge in [0.05, 0.1) is 12.6 Å². The van der Waals surface area contributed by atoms with Gasteiger partial charge in [-0.3, -0.25) is 4.79 Å². The van der Waals surface area contributed by atoms with Gasteiger partial charge in [-0.1, -0.05) is 0 Å². The average Bonchev–Trinajstić information content (AvgIpc) is 2.74. The first-order chi connectivity index (χ1) is 7.13. The second-order valence-electron chi connectivity index (χ2n) is 3.92. The predicted molar refractivity (Wildman–Crippen MR) is 56.7 cm³/mol. The molecule has 88 valence electrons. The Morgan fingerprint density at radius 1 is 1.67 bits per heavy atom. The highest BCUT2D eigenvalue weighted by atomic mass is 16.5. The zero-order valence-electron chi connectivity index (χ0n) is 9.63. The maximum absolute atomic E-state index is 11.5. The molecule has 1 heterocycles. The Morgan fingerprint density at radius 3 is 2.87 bits per heavy atom. The molecule has 0 saturated carbocycles. The Labute approximate surface area is 90.5 Å². The number of rotatable bonds is 5. The number of carbonyl (C=O) groups is 1. The van der Waals surface area contributed by atoms with Crippen LogP contribution in [0, 0.1) is 0 Å². The Balaban J connectivity index is 2.37. The molecule has 1 amide bonds. The van der Waals surface area contributed by atoms with Gasteiger partial charge in [0.2, 0.25) is 5.91 Å². The van der Waals surface area contributed by atoms with Crippen LogP contribution in [0.15, 0.2) is 0 Å². The fraction of sp³-hybridized carbons (Fsp3) is 0.900. The van der Waals surface area contributed by atoms with Crippen LogP contribution in [0.4, 0.5) is 0 Å². The van der Waals surface area contributed by atoms with Crippen molar-refractivity contribution in [3.63, 3.8) is 0 Å². The van der Waals surface area contributed by atoms with E-state index in [9.17, 15) is 4.79 Å². The number of ether oxygens (including phenoxy) is 2. The van der Waals surface area contributed by atoms with Crippen molar-refractivity contribution in [3.8, 4) is 0 Å². The normalized spacial score (nSPS) is 27.7. The number of carbonyl (C=O) groups excluding carboxylic acids is 1. The molecule has 1 rings (SSSR count). The van der Waals surface area contributed by atoms with E-state index in [1.807, 2.05) is 6.92 Å². The Morgan fingerprint density at radius 2 is 2.40 bits per heavy atom. The third-order valence-electron chi connectivity index (χ3n) is 2.91. The molecule has 1 fully saturated rings. The van der Waals surface area contributed by atoms with Gasteiger partial charge in [0, 0.05) is 26.7 Å². The van der Waals surface area contributed by atoms with Crippen LogP contribution in [0.2, 0.25) is 0 Å². The molecular formula is C10H20N2O3. The summed E-state index contributed by atoms with van der Waals surface area (Å²) in [6.07, 6.45) is 0.831. The summed E-state index contributed by atoms with van der Waals surface area (Å²) in [4.78, 5) is 11.5. The van der Waals surface area contributed by atoms with Crippen LogP contribution >= 0.6 is 0 Å². The molecule has 0 aromatic heterocycles. The van der Waals surface area contributed by atoms with Crippen molar-refractivity contribution in [3.05, 3.63) is 0 Å². The van der Waals surface area contributed by atoms with Crippen LogP contribution in [0.5, 0.6) is 0 Å². The molecule has 2 unspecified atom stereocenters. The van der Waals surface area contributed by atoms with Crippen molar-refractivity contribution in [1.29, 1.82) is 0 Å². The SMILES string of the molecule is CNC(C)C(=O)NCC1(OC)CCOC1. The highest BCUT2D eigenvalue weighted by Gasteiger charge is 2.35.